The summed E-state index contributed by atoms with van der Waals surface area (Å²) in [7, 11) is 3.23. The molecular formula is C91H99N9O20. The van der Waals surface area contributed by atoms with Crippen molar-refractivity contribution < 1.29 is 96.6 Å². The Bertz CT molecular complexity index is 4830. The molecule has 12 rings (SSSR count). The van der Waals surface area contributed by atoms with Gasteiger partial charge in [0.25, 0.3) is 0 Å². The van der Waals surface area contributed by atoms with Crippen molar-refractivity contribution in [2.24, 2.45) is 0 Å². The van der Waals surface area contributed by atoms with Gasteiger partial charge in [0, 0.05) is 51.5 Å². The Hall–Kier alpha value is -13.3. The van der Waals surface area contributed by atoms with Crippen molar-refractivity contribution in [2.45, 2.75) is 100 Å². The van der Waals surface area contributed by atoms with Gasteiger partial charge in [-0.15, -0.1) is 0 Å². The highest BCUT2D eigenvalue weighted by molar-refractivity contribution is 5.88. The number of carboxylic acid groups (broad SMARTS) is 3. The second-order valence-corrected chi connectivity index (χ2v) is 30.4. The zero-order chi connectivity index (χ0) is 86.1. The first-order chi connectivity index (χ1) is 57.5. The summed E-state index contributed by atoms with van der Waals surface area (Å²) in [6.07, 6.45) is -3.53. The number of benzene rings is 9. The summed E-state index contributed by atoms with van der Waals surface area (Å²) in [5, 5.41) is 46.9. The minimum Gasteiger partial charge on any atom is -0.480 e. The molecule has 0 heterocycles. The third-order valence-electron chi connectivity index (χ3n) is 19.5. The lowest BCUT2D eigenvalue weighted by Gasteiger charge is -2.36. The number of nitrogens with one attached hydrogen (secondary N) is 8. The molecule has 628 valence electrons. The van der Waals surface area contributed by atoms with Gasteiger partial charge in [0.2, 0.25) is 17.7 Å². The van der Waals surface area contributed by atoms with E-state index >= 15 is 0 Å². The average Bonchev–Trinajstić information content (AvgIpc) is 0.890. The predicted octanol–water partition coefficient (Wildman–Crippen LogP) is 11.0. The van der Waals surface area contributed by atoms with Crippen LogP contribution in [0.3, 0.4) is 0 Å². The maximum Gasteiger partial charge on any atom is 0.408 e. The third-order valence-corrected chi connectivity index (χ3v) is 19.5. The number of carboxylic acids is 3. The van der Waals surface area contributed by atoms with E-state index in [1.807, 2.05) is 237 Å². The Morgan fingerprint density at radius 1 is 0.358 bits per heavy atom. The fraction of sp³-hybridized carbons (Fsp3) is 0.297. The lowest BCUT2D eigenvalue weighted by Crippen LogP contribution is -2.55. The van der Waals surface area contributed by atoms with Crippen LogP contribution >= 0.6 is 0 Å². The highest BCUT2D eigenvalue weighted by Crippen LogP contribution is 2.47. The van der Waals surface area contributed by atoms with E-state index in [2.05, 4.69) is 42.7 Å². The molecule has 3 aliphatic rings. The molecule has 29 heteroatoms. The van der Waals surface area contributed by atoms with Crippen LogP contribution in [0.25, 0.3) is 33.4 Å². The maximum atomic E-state index is 12.9. The standard InChI is InChI=1S/C39H35N3O6.C30H39N3O8.C22H25N3O6/c43-36(26-48-42-39(27-14-4-1-5-15-27,28-16-6-2-7-17-28)29-18-8-3-9-19-29)40-24-35(37(44)45)41-38(46)47-25-34-32-22-12-10-20-30(32)31-21-11-13-23-33(31)34;1-29(2,3)40-17-24(33-28(38)41-30(4,5)6)25(34)31-15-23(26(35)36)32-27(37)39-16-22-20-13-9-7-11-18(20)19-12-8-10-14-21(19)22;1-25(2)31-13-20(26)23-11-19(21(27)28)24-22(29)30-12-18-16-9-5-3-7-14(16)15-8-4-6-10-17(15)18/h1-23,34-35,42H,24-26H2,(H,40,43)(H,41,46)(H,44,45);7-14,22-24H,15-17H2,1-6H3,(H,31,34)(H,32,37)(H,33,38)(H,35,36);3-10,18-19H,11-13H2,1-2H3,(H,23,26)(H,24,29)(H,27,28)/t35-;23-,24-;19-/m000/s1. The second kappa shape index (κ2) is 41.7. The monoisotopic (exact) mass is 1640 g/mol. The van der Waals surface area contributed by atoms with Crippen LogP contribution in [0.4, 0.5) is 19.2 Å². The highest BCUT2D eigenvalue weighted by atomic mass is 16.7. The number of rotatable bonds is 32. The Balaban J connectivity index is 0.000000194. The van der Waals surface area contributed by atoms with E-state index in [1.54, 1.807) is 55.6 Å². The van der Waals surface area contributed by atoms with E-state index < -0.39 is 114 Å². The summed E-state index contributed by atoms with van der Waals surface area (Å²) < 4.78 is 27.2. The SMILES string of the molecule is CC(C)(C)OC[C@H](NC(=O)OC(C)(C)C)C(=O)NC[C@H](NC(=O)OCC1c2ccccc2-c2ccccc21)C(=O)O.CN(C)OCC(=O)NC[C@H](NC(=O)OCC1c2ccccc2-c2ccccc21)C(=O)O.O=C(CONC(c1ccccc1)(c1ccccc1)c1ccccc1)NC[C@H](NC(=O)OCC1c2ccccc2-c2ccccc21)C(=O)O. The number of carbonyl (C=O) groups excluding carboxylic acids is 7. The molecule has 0 unspecified atom stereocenters. The average molecular weight is 1640 g/mol. The van der Waals surface area contributed by atoms with Crippen LogP contribution in [-0.2, 0) is 67.7 Å². The number of fused-ring (bicyclic) bond motifs is 9. The van der Waals surface area contributed by atoms with Gasteiger partial charge in [0.15, 0.2) is 0 Å². The molecule has 0 saturated heterocycles. The Kier molecular flexibility index (Phi) is 30.9. The molecule has 0 aliphatic heterocycles. The van der Waals surface area contributed by atoms with E-state index in [1.165, 1.54) is 5.06 Å². The molecule has 0 bridgehead atoms. The van der Waals surface area contributed by atoms with E-state index in [4.69, 9.17) is 33.4 Å². The molecule has 9 aromatic carbocycles. The lowest BCUT2D eigenvalue weighted by molar-refractivity contribution is -0.151. The number of amides is 7. The third kappa shape index (κ3) is 24.2. The molecule has 0 radical (unpaired) electrons. The minimum atomic E-state index is -1.49. The number of aliphatic carboxylic acids is 3. The van der Waals surface area contributed by atoms with Crippen LogP contribution in [0.2, 0.25) is 0 Å². The first kappa shape index (κ1) is 89.0. The molecule has 29 nitrogen and oxygen atoms in total. The Morgan fingerprint density at radius 3 is 0.933 bits per heavy atom. The van der Waals surface area contributed by atoms with Gasteiger partial charge < -0.3 is 76.2 Å². The zero-order valence-electron chi connectivity index (χ0n) is 67.7. The number of ether oxygens (including phenoxy) is 5. The molecule has 4 atom stereocenters. The molecular weight excluding hydrogens is 1540 g/mol. The van der Waals surface area contributed by atoms with Crippen LogP contribution < -0.4 is 42.7 Å². The van der Waals surface area contributed by atoms with E-state index in [-0.39, 0.29) is 63.9 Å². The van der Waals surface area contributed by atoms with Crippen molar-refractivity contribution in [3.05, 3.63) is 287 Å². The van der Waals surface area contributed by atoms with Crippen LogP contribution in [0.5, 0.6) is 0 Å². The van der Waals surface area contributed by atoms with Gasteiger partial charge in [-0.2, -0.15) is 10.5 Å². The summed E-state index contributed by atoms with van der Waals surface area (Å²) in [6.45, 7) is 8.50. The van der Waals surface area contributed by atoms with Crippen molar-refractivity contribution in [1.82, 2.24) is 47.8 Å². The van der Waals surface area contributed by atoms with Crippen molar-refractivity contribution in [3.63, 3.8) is 0 Å². The Morgan fingerprint density at radius 2 is 0.642 bits per heavy atom. The summed E-state index contributed by atoms with van der Waals surface area (Å²) in [6, 6.07) is 71.1. The van der Waals surface area contributed by atoms with Crippen molar-refractivity contribution in [1.29, 1.82) is 0 Å². The number of alkyl carbamates (subject to hydrolysis) is 4. The molecule has 120 heavy (non-hydrogen) atoms. The summed E-state index contributed by atoms with van der Waals surface area (Å²) in [5.74, 6) is -6.28. The highest BCUT2D eigenvalue weighted by Gasteiger charge is 2.39. The fourth-order valence-corrected chi connectivity index (χ4v) is 13.9. The second-order valence-electron chi connectivity index (χ2n) is 30.4. The molecule has 0 fully saturated rings. The van der Waals surface area contributed by atoms with Crippen LogP contribution in [0, 0.1) is 0 Å². The predicted molar refractivity (Wildman–Crippen MR) is 445 cm³/mol. The topological polar surface area (TPSA) is 395 Å². The van der Waals surface area contributed by atoms with E-state index in [9.17, 15) is 63.3 Å². The summed E-state index contributed by atoms with van der Waals surface area (Å²) in [4.78, 5) is 133. The quantitative estimate of drug-likeness (QED) is 0.0106. The smallest absolute Gasteiger partial charge is 0.408 e. The van der Waals surface area contributed by atoms with Crippen LogP contribution in [-0.4, -0.2) is 189 Å². The molecule has 0 aromatic heterocycles. The van der Waals surface area contributed by atoms with Crippen LogP contribution in [0.1, 0.15) is 109 Å². The van der Waals surface area contributed by atoms with Gasteiger partial charge in [-0.05, 0) is 125 Å². The molecule has 0 spiro atoms. The molecule has 11 N–H and O–H groups in total. The van der Waals surface area contributed by atoms with Gasteiger partial charge in [-0.3, -0.25) is 24.1 Å². The number of hydrogen-bond donors (Lipinski definition) is 11. The first-order valence-electron chi connectivity index (χ1n) is 38.8. The number of carbonyl (C=O) groups is 10. The van der Waals surface area contributed by atoms with Gasteiger partial charge >= 0.3 is 42.3 Å². The first-order valence-corrected chi connectivity index (χ1v) is 38.8. The van der Waals surface area contributed by atoms with Crippen molar-refractivity contribution in [2.75, 3.05) is 73.4 Å². The van der Waals surface area contributed by atoms with Crippen molar-refractivity contribution in [3.8, 4) is 33.4 Å². The summed E-state index contributed by atoms with van der Waals surface area (Å²) in [5.41, 5.74) is 16.2. The largest absolute Gasteiger partial charge is 0.480 e. The number of hydrogen-bond acceptors (Lipinski definition) is 19. The Labute approximate surface area is 694 Å². The molecule has 0 saturated carbocycles. The number of hydroxylamine groups is 3. The fourth-order valence-electron chi connectivity index (χ4n) is 13.9. The van der Waals surface area contributed by atoms with Gasteiger partial charge in [0.1, 0.15) is 68.3 Å². The van der Waals surface area contributed by atoms with Gasteiger partial charge in [-0.1, -0.05) is 237 Å². The molecule has 3 aliphatic carbocycles. The van der Waals surface area contributed by atoms with Gasteiger partial charge in [-0.25, -0.2) is 33.6 Å². The number of nitrogens with zero attached hydrogens (tertiary/aromatic N) is 1. The lowest BCUT2D eigenvalue weighted by atomic mass is 9.78. The minimum absolute atomic E-state index is 0.00455. The maximum absolute atomic E-state index is 12.9. The summed E-state index contributed by atoms with van der Waals surface area (Å²) >= 11 is 0. The zero-order valence-corrected chi connectivity index (χ0v) is 67.7. The van der Waals surface area contributed by atoms with Gasteiger partial charge in [0.05, 0.1) is 12.2 Å². The normalized spacial score (nSPS) is 13.4. The molecule has 9 aromatic rings. The molecule has 7 amide bonds. The van der Waals surface area contributed by atoms with E-state index in [0.29, 0.717) is 0 Å². The van der Waals surface area contributed by atoms with Crippen molar-refractivity contribution >= 4 is 60.0 Å². The van der Waals surface area contributed by atoms with Crippen LogP contribution in [0.15, 0.2) is 237 Å². The van der Waals surface area contributed by atoms with E-state index in [0.717, 1.165) is 83.5 Å².